The van der Waals surface area contributed by atoms with Crippen molar-refractivity contribution in [1.82, 2.24) is 0 Å². The van der Waals surface area contributed by atoms with Crippen LogP contribution in [0.25, 0.3) is 0 Å². The summed E-state index contributed by atoms with van der Waals surface area (Å²) >= 11 is 0. The van der Waals surface area contributed by atoms with E-state index in [9.17, 15) is 14.5 Å². The second kappa shape index (κ2) is 8.31. The minimum Gasteiger partial charge on any atom is -0.490 e. The van der Waals surface area contributed by atoms with Crippen LogP contribution in [0.2, 0.25) is 0 Å². The molecule has 1 aromatic carbocycles. The third-order valence-electron chi connectivity index (χ3n) is 2.67. The summed E-state index contributed by atoms with van der Waals surface area (Å²) in [6.07, 6.45) is 2.04. The van der Waals surface area contributed by atoms with Gasteiger partial charge in [0.2, 0.25) is 0 Å². The zero-order chi connectivity index (χ0) is 15.0. The Bertz CT molecular complexity index is 454. The van der Waals surface area contributed by atoms with Gasteiger partial charge < -0.3 is 14.8 Å². The van der Waals surface area contributed by atoms with Crippen LogP contribution in [-0.4, -0.2) is 31.8 Å². The molecule has 0 aliphatic carbocycles. The Morgan fingerprint density at radius 1 is 1.40 bits per heavy atom. The SMILES string of the molecule is CCCCOCCNc1cc(OC)c([N+](=O)[O-])cc1F. The summed E-state index contributed by atoms with van der Waals surface area (Å²) in [5.41, 5.74) is -0.235. The molecule has 1 N–H and O–H groups in total. The first kappa shape index (κ1) is 16.2. The maximum absolute atomic E-state index is 13.7. The molecule has 6 nitrogen and oxygen atoms in total. The number of rotatable bonds is 9. The number of ether oxygens (including phenoxy) is 2. The number of benzene rings is 1. The van der Waals surface area contributed by atoms with E-state index in [0.29, 0.717) is 19.8 Å². The number of hydrogen-bond donors (Lipinski definition) is 1. The highest BCUT2D eigenvalue weighted by Gasteiger charge is 2.18. The van der Waals surface area contributed by atoms with Crippen LogP contribution >= 0.6 is 0 Å². The topological polar surface area (TPSA) is 73.6 Å². The van der Waals surface area contributed by atoms with Crippen molar-refractivity contribution in [1.29, 1.82) is 0 Å². The summed E-state index contributed by atoms with van der Waals surface area (Å²) in [5, 5.41) is 13.6. The van der Waals surface area contributed by atoms with Gasteiger partial charge in [-0.25, -0.2) is 4.39 Å². The number of methoxy groups -OCH3 is 1. The van der Waals surface area contributed by atoms with Gasteiger partial charge in [0.05, 0.1) is 30.4 Å². The van der Waals surface area contributed by atoms with E-state index >= 15 is 0 Å². The Kier molecular flexibility index (Phi) is 6.72. The zero-order valence-corrected chi connectivity index (χ0v) is 11.6. The standard InChI is InChI=1S/C13H19FN2O4/c1-3-4-6-20-7-5-15-11-9-13(19-2)12(16(17)18)8-10(11)14/h8-9,15H,3-7H2,1-2H3. The van der Waals surface area contributed by atoms with Crippen molar-refractivity contribution in [2.24, 2.45) is 0 Å². The number of anilines is 1. The largest absolute Gasteiger partial charge is 0.490 e. The van der Waals surface area contributed by atoms with E-state index in [1.54, 1.807) is 0 Å². The van der Waals surface area contributed by atoms with Crippen molar-refractivity contribution in [3.8, 4) is 5.75 Å². The molecule has 0 heterocycles. The van der Waals surface area contributed by atoms with Gasteiger partial charge >= 0.3 is 5.69 Å². The Morgan fingerprint density at radius 2 is 2.15 bits per heavy atom. The molecule has 0 bridgehead atoms. The Labute approximate surface area is 117 Å². The monoisotopic (exact) mass is 286 g/mol. The number of hydrogen-bond acceptors (Lipinski definition) is 5. The van der Waals surface area contributed by atoms with Crippen LogP contribution in [0.5, 0.6) is 5.75 Å². The molecule has 0 amide bonds. The van der Waals surface area contributed by atoms with Crippen LogP contribution in [-0.2, 0) is 4.74 Å². The van der Waals surface area contributed by atoms with Crippen LogP contribution in [0.4, 0.5) is 15.8 Å². The van der Waals surface area contributed by atoms with Crippen molar-refractivity contribution in [2.75, 3.05) is 32.2 Å². The van der Waals surface area contributed by atoms with Crippen molar-refractivity contribution in [3.63, 3.8) is 0 Å². The predicted octanol–water partition coefficient (Wildman–Crippen LogP) is 2.97. The predicted molar refractivity (Wildman–Crippen MR) is 73.8 cm³/mol. The molecule has 1 aromatic rings. The summed E-state index contributed by atoms with van der Waals surface area (Å²) in [6.45, 7) is 3.60. The molecular formula is C13H19FN2O4. The molecule has 0 atom stereocenters. The van der Waals surface area contributed by atoms with Crippen LogP contribution in [0, 0.1) is 15.9 Å². The molecule has 20 heavy (non-hydrogen) atoms. The molecule has 0 radical (unpaired) electrons. The summed E-state index contributed by atoms with van der Waals surface area (Å²) < 4.78 is 23.9. The molecule has 0 spiro atoms. The van der Waals surface area contributed by atoms with Gasteiger partial charge in [-0.3, -0.25) is 10.1 Å². The van der Waals surface area contributed by atoms with Crippen molar-refractivity contribution in [3.05, 3.63) is 28.1 Å². The summed E-state index contributed by atoms with van der Waals surface area (Å²) in [4.78, 5) is 10.0. The van der Waals surface area contributed by atoms with E-state index in [1.807, 2.05) is 0 Å². The number of halogens is 1. The average Bonchev–Trinajstić information content (AvgIpc) is 2.43. The number of nitro benzene ring substituents is 1. The second-order valence-electron chi connectivity index (χ2n) is 4.15. The highest BCUT2D eigenvalue weighted by Crippen LogP contribution is 2.32. The van der Waals surface area contributed by atoms with Gasteiger partial charge in [0.25, 0.3) is 0 Å². The van der Waals surface area contributed by atoms with Gasteiger partial charge in [-0.15, -0.1) is 0 Å². The normalized spacial score (nSPS) is 10.3. The van der Waals surface area contributed by atoms with E-state index in [4.69, 9.17) is 9.47 Å². The van der Waals surface area contributed by atoms with Crippen LogP contribution in [0.1, 0.15) is 19.8 Å². The van der Waals surface area contributed by atoms with Gasteiger partial charge in [-0.05, 0) is 6.42 Å². The fourth-order valence-corrected chi connectivity index (χ4v) is 1.59. The van der Waals surface area contributed by atoms with E-state index in [1.165, 1.54) is 13.2 Å². The maximum Gasteiger partial charge on any atom is 0.313 e. The zero-order valence-electron chi connectivity index (χ0n) is 11.6. The lowest BCUT2D eigenvalue weighted by Crippen LogP contribution is -2.11. The highest BCUT2D eigenvalue weighted by molar-refractivity contribution is 5.59. The van der Waals surface area contributed by atoms with E-state index in [0.717, 1.165) is 18.9 Å². The first-order valence-corrected chi connectivity index (χ1v) is 6.43. The molecule has 0 saturated heterocycles. The fourth-order valence-electron chi connectivity index (χ4n) is 1.59. The Balaban J connectivity index is 2.60. The highest BCUT2D eigenvalue weighted by atomic mass is 19.1. The lowest BCUT2D eigenvalue weighted by molar-refractivity contribution is -0.385. The van der Waals surface area contributed by atoms with Crippen molar-refractivity contribution in [2.45, 2.75) is 19.8 Å². The maximum atomic E-state index is 13.7. The van der Waals surface area contributed by atoms with E-state index in [2.05, 4.69) is 12.2 Å². The van der Waals surface area contributed by atoms with E-state index < -0.39 is 16.4 Å². The summed E-state index contributed by atoms with van der Waals surface area (Å²) in [5.74, 6) is -0.670. The smallest absolute Gasteiger partial charge is 0.313 e. The van der Waals surface area contributed by atoms with Gasteiger partial charge in [0, 0.05) is 19.2 Å². The quantitative estimate of drug-likeness (QED) is 0.429. The van der Waals surface area contributed by atoms with Crippen molar-refractivity contribution >= 4 is 11.4 Å². The number of nitrogens with zero attached hydrogens (tertiary/aromatic N) is 1. The van der Waals surface area contributed by atoms with Crippen molar-refractivity contribution < 1.29 is 18.8 Å². The van der Waals surface area contributed by atoms with Crippen LogP contribution < -0.4 is 10.1 Å². The molecule has 7 heteroatoms. The molecule has 0 saturated carbocycles. The van der Waals surface area contributed by atoms with Gasteiger partial charge in [0.15, 0.2) is 11.6 Å². The molecule has 0 aliphatic rings. The van der Waals surface area contributed by atoms with Gasteiger partial charge in [0.1, 0.15) is 0 Å². The summed E-state index contributed by atoms with van der Waals surface area (Å²) in [6, 6.07) is 2.12. The molecule has 0 aliphatic heterocycles. The first-order valence-electron chi connectivity index (χ1n) is 6.43. The third kappa shape index (κ3) is 4.65. The van der Waals surface area contributed by atoms with Gasteiger partial charge in [-0.1, -0.05) is 13.3 Å². The minimum atomic E-state index is -0.689. The second-order valence-corrected chi connectivity index (χ2v) is 4.15. The average molecular weight is 286 g/mol. The van der Waals surface area contributed by atoms with Crippen LogP contribution in [0.3, 0.4) is 0 Å². The molecule has 0 unspecified atom stereocenters. The first-order chi connectivity index (χ1) is 9.60. The third-order valence-corrected chi connectivity index (χ3v) is 2.67. The summed E-state index contributed by atoms with van der Waals surface area (Å²) in [7, 11) is 1.30. The lowest BCUT2D eigenvalue weighted by Gasteiger charge is -2.10. The molecule has 112 valence electrons. The van der Waals surface area contributed by atoms with Crippen LogP contribution in [0.15, 0.2) is 12.1 Å². The molecular weight excluding hydrogens is 267 g/mol. The lowest BCUT2D eigenvalue weighted by atomic mass is 10.2. The molecule has 0 aromatic heterocycles. The number of nitrogens with one attached hydrogen (secondary N) is 1. The number of unbranched alkanes of at least 4 members (excludes halogenated alkanes) is 1. The minimum absolute atomic E-state index is 0.0193. The molecule has 0 fully saturated rings. The Hall–Kier alpha value is -1.89. The fraction of sp³-hybridized carbons (Fsp3) is 0.538. The van der Waals surface area contributed by atoms with Gasteiger partial charge in [-0.2, -0.15) is 0 Å². The van der Waals surface area contributed by atoms with E-state index in [-0.39, 0.29) is 11.4 Å². The Morgan fingerprint density at radius 3 is 2.75 bits per heavy atom. The molecule has 1 rings (SSSR count). The number of nitro groups is 1.